The molecule has 6 N–H and O–H groups in total. The van der Waals surface area contributed by atoms with Crippen molar-refractivity contribution in [3.8, 4) is 23.2 Å². The van der Waals surface area contributed by atoms with Crippen LogP contribution in [0.4, 0.5) is 50.5 Å². The summed E-state index contributed by atoms with van der Waals surface area (Å²) in [6, 6.07) is 7.36. The molecule has 2 aromatic heterocycles. The number of piperazine rings is 1. The van der Waals surface area contributed by atoms with Gasteiger partial charge in [-0.25, -0.2) is 38.3 Å². The predicted molar refractivity (Wildman–Crippen MR) is 259 cm³/mol. The third-order valence-electron chi connectivity index (χ3n) is 14.1. The number of ether oxygens (including phenoxy) is 2. The van der Waals surface area contributed by atoms with E-state index >= 15 is 8.78 Å². The number of nitrogens with zero attached hydrogens (tertiary/aromatic N) is 6. The van der Waals surface area contributed by atoms with Crippen molar-refractivity contribution in [3.63, 3.8) is 0 Å². The number of nitrogens with one attached hydrogen (secondary N) is 4. The largest absolute Gasteiger partial charge is 0.465 e. The van der Waals surface area contributed by atoms with Gasteiger partial charge in [0, 0.05) is 79.1 Å². The Morgan fingerprint density at radius 1 is 0.805 bits per heavy atom. The highest BCUT2D eigenvalue weighted by molar-refractivity contribution is 5.87. The maximum absolute atomic E-state index is 15.9. The number of rotatable bonds is 18. The van der Waals surface area contributed by atoms with Gasteiger partial charge in [-0.1, -0.05) is 24.0 Å². The molecule has 18 nitrogen and oxygen atoms in total. The number of aliphatic hydroxyl groups is 1. The first-order chi connectivity index (χ1) is 36.2. The zero-order valence-corrected chi connectivity index (χ0v) is 42.2. The molecule has 4 amide bonds. The highest BCUT2D eigenvalue weighted by Gasteiger charge is 2.57. The third kappa shape index (κ3) is 13.3. The summed E-state index contributed by atoms with van der Waals surface area (Å²) in [4.78, 5) is 69.4. The molecule has 77 heavy (non-hydrogen) atoms. The summed E-state index contributed by atoms with van der Waals surface area (Å²) < 4.78 is 128. The number of amides is 4. The first-order valence-electron chi connectivity index (χ1n) is 24.1. The fourth-order valence-corrected chi connectivity index (χ4v) is 9.16. The molecule has 3 aliphatic heterocycles. The van der Waals surface area contributed by atoms with Crippen LogP contribution < -0.4 is 26.3 Å². The van der Waals surface area contributed by atoms with Crippen LogP contribution in [0.25, 0.3) is 11.4 Å². The normalized spacial score (nSPS) is 18.6. The Hall–Kier alpha value is -7.21. The average Bonchev–Trinajstić information content (AvgIpc) is 4.02. The van der Waals surface area contributed by atoms with Crippen LogP contribution in [0.5, 0.6) is 0 Å². The van der Waals surface area contributed by atoms with Gasteiger partial charge < -0.3 is 40.5 Å². The topological polar surface area (TPSA) is 224 Å². The van der Waals surface area contributed by atoms with E-state index in [1.165, 1.54) is 35.9 Å². The van der Waals surface area contributed by atoms with Crippen molar-refractivity contribution in [3.05, 3.63) is 107 Å². The summed E-state index contributed by atoms with van der Waals surface area (Å²) >= 11 is 0. The number of likely N-dealkylation sites (tertiary alicyclic amines) is 1. The lowest BCUT2D eigenvalue weighted by Crippen LogP contribution is -2.63. The molecule has 0 spiro atoms. The third-order valence-corrected chi connectivity index (χ3v) is 14.1. The summed E-state index contributed by atoms with van der Waals surface area (Å²) in [6.45, 7) is 3.37. The number of methoxy groups -OCH3 is 1. The standard InChI is InChI=1S/C51H56F8N10O8/c1-48(2,50(54,55)56)41(65-47(75)76-5)44(71)63-38(17-29-10-7-28(8-11-29)9-12-30-13-14-40(62-21-30)69-23-32-20-33(69)22-68(32)34-26-77-27-34)39(70)25-67(66-45(72)42(64-46(73)74)49(3,4)51(57,58)59)24-35-36(52)18-31(19-37(35)53)43-60-15-6-16-61-43/h6-8,10-11,13-16,18-19,21,32-34,38-39,41-42,64,70H,17,20,22-27H2,1-5H3,(H,63,71)(H,65,75)(H,66,72)(H,73,74)/t32-,33-,38+,39+,41-,42-/m1/s1. The molecule has 26 heteroatoms. The molecule has 414 valence electrons. The molecule has 3 fully saturated rings. The first-order valence-corrected chi connectivity index (χ1v) is 24.1. The van der Waals surface area contributed by atoms with Crippen molar-refractivity contribution in [2.24, 2.45) is 10.8 Å². The number of pyridine rings is 1. The van der Waals surface area contributed by atoms with Crippen molar-refractivity contribution in [2.75, 3.05) is 44.9 Å². The molecule has 2 aromatic carbocycles. The minimum Gasteiger partial charge on any atom is -0.465 e. The van der Waals surface area contributed by atoms with E-state index in [4.69, 9.17) is 4.74 Å². The second kappa shape index (κ2) is 23.2. The van der Waals surface area contributed by atoms with Crippen molar-refractivity contribution in [2.45, 2.75) is 102 Å². The number of aliphatic hydroxyl groups excluding tert-OH is 1. The van der Waals surface area contributed by atoms with Gasteiger partial charge in [-0.15, -0.1) is 0 Å². The van der Waals surface area contributed by atoms with Gasteiger partial charge in [-0.2, -0.15) is 26.3 Å². The van der Waals surface area contributed by atoms with Crippen molar-refractivity contribution < 1.29 is 74.0 Å². The van der Waals surface area contributed by atoms with E-state index in [9.17, 15) is 55.7 Å². The summed E-state index contributed by atoms with van der Waals surface area (Å²) in [6.07, 6.45) is -11.2. The van der Waals surface area contributed by atoms with Crippen LogP contribution >= 0.6 is 0 Å². The number of anilines is 1. The average molecular weight is 1090 g/mol. The molecular formula is C51H56F8N10O8. The summed E-state index contributed by atoms with van der Waals surface area (Å²) in [5.74, 6) is 0.935. The van der Waals surface area contributed by atoms with Gasteiger partial charge in [0.1, 0.15) is 29.5 Å². The van der Waals surface area contributed by atoms with Crippen LogP contribution in [-0.4, -0.2) is 154 Å². The van der Waals surface area contributed by atoms with Crippen molar-refractivity contribution >= 4 is 29.8 Å². The van der Waals surface area contributed by atoms with Crippen LogP contribution in [0, 0.1) is 34.3 Å². The van der Waals surface area contributed by atoms with E-state index in [2.05, 4.69) is 46.6 Å². The van der Waals surface area contributed by atoms with E-state index in [-0.39, 0.29) is 11.4 Å². The summed E-state index contributed by atoms with van der Waals surface area (Å²) in [5.41, 5.74) is -3.78. The Labute approximate surface area is 436 Å². The number of hydrogen-bond acceptors (Lipinski definition) is 13. The van der Waals surface area contributed by atoms with Crippen LogP contribution in [0.3, 0.4) is 0 Å². The second-order valence-electron chi connectivity index (χ2n) is 20.1. The Kier molecular flexibility index (Phi) is 17.3. The quantitative estimate of drug-likeness (QED) is 0.0421. The number of aromatic nitrogens is 3. The van der Waals surface area contributed by atoms with Gasteiger partial charge in [0.2, 0.25) is 5.91 Å². The van der Waals surface area contributed by atoms with E-state index in [0.29, 0.717) is 67.5 Å². The van der Waals surface area contributed by atoms with Gasteiger partial charge in [-0.05, 0) is 88.6 Å². The fourth-order valence-electron chi connectivity index (χ4n) is 9.16. The van der Waals surface area contributed by atoms with Crippen LogP contribution in [0.2, 0.25) is 0 Å². The van der Waals surface area contributed by atoms with Crippen LogP contribution in [-0.2, 0) is 32.0 Å². The lowest BCUT2D eigenvalue weighted by Gasteiger charge is -2.42. The highest BCUT2D eigenvalue weighted by atomic mass is 19.4. The maximum Gasteiger partial charge on any atom is 0.407 e. The molecule has 3 saturated heterocycles. The fraction of sp³-hybridized carbons (Fsp3) is 0.471. The number of carbonyl (C=O) groups excluding carboxylic acids is 3. The van der Waals surface area contributed by atoms with Crippen LogP contribution in [0.1, 0.15) is 56.4 Å². The maximum atomic E-state index is 15.9. The minimum atomic E-state index is -5.24. The number of carbonyl (C=O) groups is 4. The number of fused-ring (bicyclic) bond motifs is 2. The predicted octanol–water partition coefficient (Wildman–Crippen LogP) is 5.34. The van der Waals surface area contributed by atoms with E-state index in [1.807, 2.05) is 22.9 Å². The Morgan fingerprint density at radius 3 is 1.92 bits per heavy atom. The number of alkyl halides is 6. The second-order valence-corrected chi connectivity index (χ2v) is 20.1. The molecule has 6 atom stereocenters. The van der Waals surface area contributed by atoms with Gasteiger partial charge in [-0.3, -0.25) is 19.9 Å². The molecule has 4 aromatic rings. The van der Waals surface area contributed by atoms with Gasteiger partial charge in [0.25, 0.3) is 5.91 Å². The van der Waals surface area contributed by atoms with Crippen molar-refractivity contribution in [1.82, 2.24) is 46.2 Å². The Bertz CT molecular complexity index is 2810. The summed E-state index contributed by atoms with van der Waals surface area (Å²) in [5, 5.41) is 27.7. The number of alkyl carbamates (subject to hydrolysis) is 1. The lowest BCUT2D eigenvalue weighted by atomic mass is 9.82. The smallest absolute Gasteiger partial charge is 0.407 e. The van der Waals surface area contributed by atoms with Gasteiger partial charge in [0.05, 0.1) is 49.3 Å². The molecule has 0 saturated carbocycles. The lowest BCUT2D eigenvalue weighted by molar-refractivity contribution is -0.221. The molecule has 7 rings (SSSR count). The SMILES string of the molecule is COC(=O)N[C@H](C(=O)N[C@@H](Cc1ccc(C#Cc2ccc(N3C[C@H]4C[C@@H]3CN4C3COC3)nc2)cc1)[C@@H](O)CN(Cc1c(F)cc(-c2ncccn2)cc1F)NC(=O)[C@@H](NC(=O)O)C(C)(C)C(F)(F)F)C(C)(C)C(F)(F)F. The monoisotopic (exact) mass is 1090 g/mol. The molecule has 0 radical (unpaired) electrons. The summed E-state index contributed by atoms with van der Waals surface area (Å²) in [7, 11) is 0.833. The Balaban J connectivity index is 1.17. The molecule has 0 aliphatic carbocycles. The number of hydrogen-bond donors (Lipinski definition) is 6. The zero-order chi connectivity index (χ0) is 56.2. The van der Waals surface area contributed by atoms with E-state index in [1.54, 1.807) is 18.3 Å². The van der Waals surface area contributed by atoms with E-state index < -0.39 is 108 Å². The van der Waals surface area contributed by atoms with Crippen LogP contribution in [0.15, 0.2) is 73.2 Å². The molecule has 2 bridgehead atoms. The highest BCUT2D eigenvalue weighted by Crippen LogP contribution is 2.42. The van der Waals surface area contributed by atoms with Gasteiger partial charge in [0.15, 0.2) is 5.82 Å². The number of benzene rings is 2. The molecule has 0 unspecified atom stereocenters. The molecule has 5 heterocycles. The van der Waals surface area contributed by atoms with E-state index in [0.717, 1.165) is 57.8 Å². The number of carboxylic acid groups (broad SMARTS) is 1. The molecule has 3 aliphatic rings. The zero-order valence-electron chi connectivity index (χ0n) is 42.2. The number of hydrazine groups is 1. The number of halogens is 8. The molecular weight excluding hydrogens is 1030 g/mol. The van der Waals surface area contributed by atoms with Crippen molar-refractivity contribution in [1.29, 1.82) is 0 Å². The minimum absolute atomic E-state index is 0.111. The Morgan fingerprint density at radius 2 is 1.40 bits per heavy atom. The van der Waals surface area contributed by atoms with Gasteiger partial charge >= 0.3 is 24.5 Å². The first kappa shape index (κ1) is 57.5.